The van der Waals surface area contributed by atoms with Crippen LogP contribution in [0.15, 0.2) is 36.4 Å². The predicted octanol–water partition coefficient (Wildman–Crippen LogP) is 3.73. The average Bonchev–Trinajstić information content (AvgIpc) is 3.17. The third kappa shape index (κ3) is 3.35. The van der Waals surface area contributed by atoms with Crippen LogP contribution in [-0.4, -0.2) is 38.3 Å². The molecule has 1 unspecified atom stereocenters. The van der Waals surface area contributed by atoms with E-state index in [-0.39, 0.29) is 11.7 Å². The van der Waals surface area contributed by atoms with Crippen molar-refractivity contribution in [2.45, 2.75) is 32.2 Å². The van der Waals surface area contributed by atoms with E-state index in [1.165, 1.54) is 6.07 Å². The molecular formula is C23H26FN3O2. The molecule has 0 saturated carbocycles. The maximum Gasteiger partial charge on any atom is 0.247 e. The second-order valence-electron chi connectivity index (χ2n) is 8.64. The van der Waals surface area contributed by atoms with Gasteiger partial charge in [0.25, 0.3) is 0 Å². The van der Waals surface area contributed by atoms with Crippen LogP contribution in [0.2, 0.25) is 0 Å². The highest BCUT2D eigenvalue weighted by atomic mass is 19.1. The maximum absolute atomic E-state index is 14.1. The fraction of sp³-hybridized carbons (Fsp3) is 0.435. The zero-order chi connectivity index (χ0) is 20.0. The van der Waals surface area contributed by atoms with Gasteiger partial charge < -0.3 is 20.3 Å². The molecule has 2 aromatic rings. The number of aryl methyl sites for hydroxylation is 1. The summed E-state index contributed by atoms with van der Waals surface area (Å²) in [5.74, 6) is -0.392. The molecule has 1 spiro atoms. The average molecular weight is 395 g/mol. The van der Waals surface area contributed by atoms with E-state index in [2.05, 4.69) is 21.6 Å². The largest absolute Gasteiger partial charge is 0.380 e. The van der Waals surface area contributed by atoms with Crippen molar-refractivity contribution >= 4 is 23.0 Å². The van der Waals surface area contributed by atoms with Gasteiger partial charge in [0.2, 0.25) is 5.91 Å². The summed E-state index contributed by atoms with van der Waals surface area (Å²) < 4.78 is 19.5. The first-order valence-electron chi connectivity index (χ1n) is 10.3. The smallest absolute Gasteiger partial charge is 0.247 e. The van der Waals surface area contributed by atoms with E-state index in [0.717, 1.165) is 61.8 Å². The molecule has 1 atom stereocenters. The number of fused-ring (bicyclic) bond motifs is 1. The number of carbonyl (C=O) groups is 1. The monoisotopic (exact) mass is 395 g/mol. The lowest BCUT2D eigenvalue weighted by atomic mass is 9.77. The van der Waals surface area contributed by atoms with Crippen LogP contribution < -0.4 is 15.5 Å². The number of benzene rings is 2. The highest BCUT2D eigenvalue weighted by Crippen LogP contribution is 2.39. The molecule has 2 fully saturated rings. The lowest BCUT2D eigenvalue weighted by Gasteiger charge is -2.47. The number of carbonyl (C=O) groups excluding carboxylic acids is 1. The van der Waals surface area contributed by atoms with E-state index in [1.807, 2.05) is 25.1 Å². The quantitative estimate of drug-likeness (QED) is 0.832. The number of nitrogens with one attached hydrogen (secondary N) is 2. The molecular weight excluding hydrogens is 369 g/mol. The van der Waals surface area contributed by atoms with E-state index in [4.69, 9.17) is 4.74 Å². The van der Waals surface area contributed by atoms with Gasteiger partial charge in [-0.1, -0.05) is 12.1 Å². The number of halogens is 1. The van der Waals surface area contributed by atoms with Crippen molar-refractivity contribution in [1.82, 2.24) is 0 Å². The molecule has 3 aliphatic rings. The molecule has 0 aliphatic carbocycles. The topological polar surface area (TPSA) is 53.6 Å². The van der Waals surface area contributed by atoms with Crippen LogP contribution in [0.3, 0.4) is 0 Å². The molecule has 29 heavy (non-hydrogen) atoms. The Labute approximate surface area is 170 Å². The number of rotatable bonds is 3. The predicted molar refractivity (Wildman–Crippen MR) is 112 cm³/mol. The number of ether oxygens (including phenoxy) is 1. The van der Waals surface area contributed by atoms with Crippen molar-refractivity contribution in [3.05, 3.63) is 53.3 Å². The van der Waals surface area contributed by atoms with Gasteiger partial charge in [-0.05, 0) is 49.6 Å². The Morgan fingerprint density at radius 2 is 2.03 bits per heavy atom. The lowest BCUT2D eigenvalue weighted by molar-refractivity contribution is -0.124. The Hall–Kier alpha value is -2.60. The Balaban J connectivity index is 1.25. The van der Waals surface area contributed by atoms with E-state index >= 15 is 0 Å². The second-order valence-corrected chi connectivity index (χ2v) is 8.64. The Morgan fingerprint density at radius 1 is 1.24 bits per heavy atom. The molecule has 5 nitrogen and oxygen atoms in total. The van der Waals surface area contributed by atoms with Crippen LogP contribution in [0.5, 0.6) is 0 Å². The minimum atomic E-state index is -0.460. The third-order valence-corrected chi connectivity index (χ3v) is 6.63. The lowest BCUT2D eigenvalue weighted by Crippen LogP contribution is -2.50. The SMILES string of the molecule is Cc1ccc(F)c2c1NC(C(=O)Nc1cccc(N3CCC4(CC3)COC4)c1)C2. The van der Waals surface area contributed by atoms with E-state index in [1.54, 1.807) is 6.07 Å². The molecule has 2 saturated heterocycles. The normalized spacial score (nSPS) is 22.0. The minimum Gasteiger partial charge on any atom is -0.380 e. The van der Waals surface area contributed by atoms with Gasteiger partial charge in [-0.15, -0.1) is 0 Å². The fourth-order valence-corrected chi connectivity index (χ4v) is 4.66. The molecule has 3 aliphatic heterocycles. The van der Waals surface area contributed by atoms with Crippen LogP contribution in [-0.2, 0) is 16.0 Å². The summed E-state index contributed by atoms with van der Waals surface area (Å²) in [5.41, 5.74) is 4.61. The van der Waals surface area contributed by atoms with Gasteiger partial charge in [0.05, 0.1) is 13.2 Å². The fourth-order valence-electron chi connectivity index (χ4n) is 4.66. The van der Waals surface area contributed by atoms with Gasteiger partial charge in [-0.3, -0.25) is 4.79 Å². The van der Waals surface area contributed by atoms with Gasteiger partial charge in [0, 0.05) is 47.6 Å². The number of nitrogens with zero attached hydrogens (tertiary/aromatic N) is 1. The zero-order valence-electron chi connectivity index (χ0n) is 16.6. The van der Waals surface area contributed by atoms with Crippen molar-refractivity contribution in [2.24, 2.45) is 5.41 Å². The summed E-state index contributed by atoms with van der Waals surface area (Å²) in [7, 11) is 0. The summed E-state index contributed by atoms with van der Waals surface area (Å²) in [5, 5.41) is 6.19. The number of hydrogen-bond donors (Lipinski definition) is 2. The molecule has 6 heteroatoms. The summed E-state index contributed by atoms with van der Waals surface area (Å²) in [6, 6.07) is 10.7. The Kier molecular flexibility index (Phi) is 4.46. The summed E-state index contributed by atoms with van der Waals surface area (Å²) >= 11 is 0. The molecule has 0 radical (unpaired) electrons. The van der Waals surface area contributed by atoms with Crippen LogP contribution in [0.1, 0.15) is 24.0 Å². The first kappa shape index (κ1) is 18.4. The van der Waals surface area contributed by atoms with Crippen molar-refractivity contribution in [2.75, 3.05) is 41.8 Å². The summed E-state index contributed by atoms with van der Waals surface area (Å²) in [4.78, 5) is 15.2. The molecule has 0 bridgehead atoms. The van der Waals surface area contributed by atoms with Crippen molar-refractivity contribution in [3.63, 3.8) is 0 Å². The van der Waals surface area contributed by atoms with Crippen LogP contribution >= 0.6 is 0 Å². The molecule has 2 N–H and O–H groups in total. The molecule has 2 aromatic carbocycles. The minimum absolute atomic E-state index is 0.138. The van der Waals surface area contributed by atoms with E-state index in [9.17, 15) is 9.18 Å². The van der Waals surface area contributed by atoms with Gasteiger partial charge in [-0.2, -0.15) is 0 Å². The van der Waals surface area contributed by atoms with E-state index < -0.39 is 6.04 Å². The van der Waals surface area contributed by atoms with Crippen LogP contribution in [0, 0.1) is 18.2 Å². The standard InChI is InChI=1S/C23H26FN3O2/c1-15-5-6-19(24)18-12-20(26-21(15)18)22(28)25-16-3-2-4-17(11-16)27-9-7-23(8-10-27)13-29-14-23/h2-6,11,20,26H,7-10,12-14H2,1H3,(H,25,28). The molecule has 152 valence electrons. The van der Waals surface area contributed by atoms with Crippen LogP contribution in [0.25, 0.3) is 0 Å². The highest BCUT2D eigenvalue weighted by molar-refractivity contribution is 5.98. The van der Waals surface area contributed by atoms with Gasteiger partial charge in [0.1, 0.15) is 11.9 Å². The first-order valence-corrected chi connectivity index (χ1v) is 10.3. The first-order chi connectivity index (χ1) is 14.0. The third-order valence-electron chi connectivity index (χ3n) is 6.63. The summed E-state index contributed by atoms with van der Waals surface area (Å²) in [6.07, 6.45) is 2.67. The molecule has 3 heterocycles. The van der Waals surface area contributed by atoms with Crippen molar-refractivity contribution < 1.29 is 13.9 Å². The molecule has 0 aromatic heterocycles. The molecule has 5 rings (SSSR count). The number of piperidine rings is 1. The second kappa shape index (κ2) is 7.02. The highest BCUT2D eigenvalue weighted by Gasteiger charge is 2.41. The number of anilines is 3. The van der Waals surface area contributed by atoms with Gasteiger partial charge in [-0.25, -0.2) is 4.39 Å². The van der Waals surface area contributed by atoms with Crippen molar-refractivity contribution in [3.8, 4) is 0 Å². The maximum atomic E-state index is 14.1. The summed E-state index contributed by atoms with van der Waals surface area (Å²) in [6.45, 7) is 5.74. The molecule has 1 amide bonds. The Bertz CT molecular complexity index is 916. The van der Waals surface area contributed by atoms with Crippen LogP contribution in [0.4, 0.5) is 21.5 Å². The number of hydrogen-bond acceptors (Lipinski definition) is 4. The zero-order valence-corrected chi connectivity index (χ0v) is 16.6. The van der Waals surface area contributed by atoms with Gasteiger partial charge in [0.15, 0.2) is 0 Å². The van der Waals surface area contributed by atoms with Gasteiger partial charge >= 0.3 is 0 Å². The Morgan fingerprint density at radius 3 is 2.72 bits per heavy atom. The van der Waals surface area contributed by atoms with E-state index in [0.29, 0.717) is 17.4 Å². The number of amides is 1. The van der Waals surface area contributed by atoms with Crippen molar-refractivity contribution in [1.29, 1.82) is 0 Å².